The predicted octanol–water partition coefficient (Wildman–Crippen LogP) is 3.57. The lowest BCUT2D eigenvalue weighted by Gasteiger charge is -2.08. The Morgan fingerprint density at radius 3 is 2.64 bits per heavy atom. The molecular weight excluding hydrogens is 205 g/mol. The van der Waals surface area contributed by atoms with Gasteiger partial charge in [0.1, 0.15) is 5.69 Å². The van der Waals surface area contributed by atoms with Gasteiger partial charge in [0.15, 0.2) is 5.82 Å². The Morgan fingerprint density at radius 2 is 2.14 bits per heavy atom. The highest BCUT2D eigenvalue weighted by Crippen LogP contribution is 2.30. The standard InChI is InChI=1S/C10H9ClFNO/c1-6(2)7-3-10(13-5-14)9(12)4-8(7)11/h3-4,6H,1-2H3. The number of aliphatic imine (C=N–C) groups is 1. The highest BCUT2D eigenvalue weighted by atomic mass is 35.5. The summed E-state index contributed by atoms with van der Waals surface area (Å²) in [5.74, 6) is -0.452. The van der Waals surface area contributed by atoms with Crippen molar-refractivity contribution in [2.75, 3.05) is 0 Å². The molecule has 0 saturated heterocycles. The Hall–Kier alpha value is -1.18. The van der Waals surface area contributed by atoms with E-state index >= 15 is 0 Å². The highest BCUT2D eigenvalue weighted by Gasteiger charge is 2.10. The van der Waals surface area contributed by atoms with Crippen LogP contribution in [0.3, 0.4) is 0 Å². The van der Waals surface area contributed by atoms with Gasteiger partial charge in [0.25, 0.3) is 0 Å². The van der Waals surface area contributed by atoms with Gasteiger partial charge in [-0.2, -0.15) is 4.99 Å². The fourth-order valence-electron chi connectivity index (χ4n) is 1.13. The van der Waals surface area contributed by atoms with Crippen LogP contribution in [-0.4, -0.2) is 6.08 Å². The number of rotatable bonds is 2. The summed E-state index contributed by atoms with van der Waals surface area (Å²) in [5.41, 5.74) is 0.746. The molecule has 0 atom stereocenters. The first-order chi connectivity index (χ1) is 6.56. The maximum atomic E-state index is 13.1. The zero-order chi connectivity index (χ0) is 10.7. The molecule has 1 aromatic rings. The summed E-state index contributed by atoms with van der Waals surface area (Å²) in [6.45, 7) is 3.85. The van der Waals surface area contributed by atoms with Crippen LogP contribution in [0, 0.1) is 5.82 Å². The number of hydrogen-bond acceptors (Lipinski definition) is 2. The monoisotopic (exact) mass is 213 g/mol. The third-order valence-electron chi connectivity index (χ3n) is 1.85. The minimum Gasteiger partial charge on any atom is -0.211 e. The molecule has 0 saturated carbocycles. The van der Waals surface area contributed by atoms with Gasteiger partial charge >= 0.3 is 0 Å². The molecule has 0 spiro atoms. The molecule has 0 N–H and O–H groups in total. The summed E-state index contributed by atoms with van der Waals surface area (Å²) in [6.07, 6.45) is 1.30. The Bertz CT molecular complexity index is 397. The van der Waals surface area contributed by atoms with Gasteiger partial charge in [0, 0.05) is 5.02 Å². The SMILES string of the molecule is CC(C)c1cc(N=C=O)c(F)cc1Cl. The fraction of sp³-hybridized carbons (Fsp3) is 0.300. The van der Waals surface area contributed by atoms with E-state index in [1.165, 1.54) is 12.1 Å². The molecule has 0 aliphatic heterocycles. The van der Waals surface area contributed by atoms with Crippen molar-refractivity contribution < 1.29 is 9.18 Å². The topological polar surface area (TPSA) is 29.4 Å². The normalized spacial score (nSPS) is 10.1. The van der Waals surface area contributed by atoms with Crippen LogP contribution in [0.5, 0.6) is 0 Å². The summed E-state index contributed by atoms with van der Waals surface area (Å²) >= 11 is 5.82. The molecule has 2 nitrogen and oxygen atoms in total. The van der Waals surface area contributed by atoms with E-state index in [4.69, 9.17) is 11.6 Å². The zero-order valence-electron chi connectivity index (χ0n) is 7.84. The first-order valence-corrected chi connectivity index (χ1v) is 4.51. The average Bonchev–Trinajstić information content (AvgIpc) is 2.09. The Labute approximate surface area is 86.4 Å². The van der Waals surface area contributed by atoms with Gasteiger partial charge < -0.3 is 0 Å². The van der Waals surface area contributed by atoms with Crippen molar-refractivity contribution in [3.8, 4) is 0 Å². The smallest absolute Gasteiger partial charge is 0.211 e. The van der Waals surface area contributed by atoms with E-state index in [-0.39, 0.29) is 11.6 Å². The van der Waals surface area contributed by atoms with Crippen LogP contribution in [0.25, 0.3) is 0 Å². The minimum absolute atomic E-state index is 0.0203. The van der Waals surface area contributed by atoms with E-state index < -0.39 is 5.82 Å². The zero-order valence-corrected chi connectivity index (χ0v) is 8.60. The Balaban J connectivity index is 3.34. The van der Waals surface area contributed by atoms with Gasteiger partial charge in [0.05, 0.1) is 0 Å². The van der Waals surface area contributed by atoms with Gasteiger partial charge in [-0.15, -0.1) is 0 Å². The maximum Gasteiger partial charge on any atom is 0.240 e. The van der Waals surface area contributed by atoms with Crippen LogP contribution < -0.4 is 0 Å². The second-order valence-corrected chi connectivity index (χ2v) is 3.59. The lowest BCUT2D eigenvalue weighted by molar-refractivity contribution is 0.564. The van der Waals surface area contributed by atoms with E-state index in [1.807, 2.05) is 13.8 Å². The first-order valence-electron chi connectivity index (χ1n) is 4.13. The maximum absolute atomic E-state index is 13.1. The number of nitrogens with zero attached hydrogens (tertiary/aromatic N) is 1. The highest BCUT2D eigenvalue weighted by molar-refractivity contribution is 6.31. The molecule has 0 radical (unpaired) electrons. The van der Waals surface area contributed by atoms with Gasteiger partial charge in [-0.3, -0.25) is 0 Å². The first kappa shape index (κ1) is 10.9. The molecular formula is C10H9ClFNO. The second-order valence-electron chi connectivity index (χ2n) is 3.18. The van der Waals surface area contributed by atoms with Crippen LogP contribution in [0.4, 0.5) is 10.1 Å². The van der Waals surface area contributed by atoms with Crippen LogP contribution in [0.1, 0.15) is 25.3 Å². The minimum atomic E-state index is -0.609. The van der Waals surface area contributed by atoms with Crippen LogP contribution in [0.2, 0.25) is 5.02 Å². The number of halogens is 2. The summed E-state index contributed by atoms with van der Waals surface area (Å²) in [5, 5.41) is 0.349. The molecule has 1 aromatic carbocycles. The summed E-state index contributed by atoms with van der Waals surface area (Å²) in [7, 11) is 0. The molecule has 0 aromatic heterocycles. The van der Waals surface area contributed by atoms with E-state index in [0.717, 1.165) is 11.6 Å². The molecule has 1 rings (SSSR count). The largest absolute Gasteiger partial charge is 0.240 e. The fourth-order valence-corrected chi connectivity index (χ4v) is 1.50. The second kappa shape index (κ2) is 4.36. The van der Waals surface area contributed by atoms with Crippen molar-refractivity contribution in [1.82, 2.24) is 0 Å². The lowest BCUT2D eigenvalue weighted by Crippen LogP contribution is -1.90. The number of isocyanates is 1. The van der Waals surface area contributed by atoms with Crippen molar-refractivity contribution in [1.29, 1.82) is 0 Å². The quantitative estimate of drug-likeness (QED) is 0.546. The van der Waals surface area contributed by atoms with Crippen molar-refractivity contribution >= 4 is 23.4 Å². The Kier molecular flexibility index (Phi) is 3.39. The summed E-state index contributed by atoms with van der Waals surface area (Å²) < 4.78 is 13.1. The molecule has 0 bridgehead atoms. The van der Waals surface area contributed by atoms with Gasteiger partial charge in [-0.05, 0) is 23.6 Å². The molecule has 0 aliphatic carbocycles. The summed E-state index contributed by atoms with van der Waals surface area (Å²) in [4.78, 5) is 13.3. The predicted molar refractivity (Wildman–Crippen MR) is 53.3 cm³/mol. The van der Waals surface area contributed by atoms with E-state index in [9.17, 15) is 9.18 Å². The number of benzene rings is 1. The van der Waals surface area contributed by atoms with Gasteiger partial charge in [-0.1, -0.05) is 25.4 Å². The number of carbonyl (C=O) groups excluding carboxylic acids is 1. The van der Waals surface area contributed by atoms with Crippen molar-refractivity contribution in [3.63, 3.8) is 0 Å². The van der Waals surface area contributed by atoms with Crippen LogP contribution in [0.15, 0.2) is 17.1 Å². The van der Waals surface area contributed by atoms with Crippen molar-refractivity contribution in [3.05, 3.63) is 28.5 Å². The molecule has 74 valence electrons. The number of hydrogen-bond donors (Lipinski definition) is 0. The van der Waals surface area contributed by atoms with Crippen LogP contribution in [-0.2, 0) is 4.79 Å². The third kappa shape index (κ3) is 2.19. The van der Waals surface area contributed by atoms with E-state index in [2.05, 4.69) is 4.99 Å². The van der Waals surface area contributed by atoms with Gasteiger partial charge in [-0.25, -0.2) is 9.18 Å². The molecule has 14 heavy (non-hydrogen) atoms. The van der Waals surface area contributed by atoms with Crippen molar-refractivity contribution in [2.24, 2.45) is 4.99 Å². The molecule has 0 unspecified atom stereocenters. The average molecular weight is 214 g/mol. The van der Waals surface area contributed by atoms with E-state index in [0.29, 0.717) is 5.02 Å². The lowest BCUT2D eigenvalue weighted by atomic mass is 10.0. The molecule has 0 heterocycles. The molecule has 0 amide bonds. The van der Waals surface area contributed by atoms with Gasteiger partial charge in [0.2, 0.25) is 6.08 Å². The Morgan fingerprint density at radius 1 is 1.50 bits per heavy atom. The third-order valence-corrected chi connectivity index (χ3v) is 2.18. The van der Waals surface area contributed by atoms with Crippen molar-refractivity contribution in [2.45, 2.75) is 19.8 Å². The molecule has 0 aliphatic rings. The van der Waals surface area contributed by atoms with E-state index in [1.54, 1.807) is 0 Å². The molecule has 0 fully saturated rings. The van der Waals surface area contributed by atoms with Crippen LogP contribution >= 0.6 is 11.6 Å². The molecule has 4 heteroatoms. The summed E-state index contributed by atoms with van der Waals surface area (Å²) in [6, 6.07) is 2.63.